The van der Waals surface area contributed by atoms with Crippen LogP contribution < -0.4 is 16.4 Å². The van der Waals surface area contributed by atoms with Crippen LogP contribution in [-0.2, 0) is 50.7 Å². The van der Waals surface area contributed by atoms with E-state index < -0.39 is 84.6 Å². The van der Waals surface area contributed by atoms with Crippen molar-refractivity contribution in [3.8, 4) is 0 Å². The first kappa shape index (κ1) is 53.6. The fraction of sp³-hybridized carbons (Fsp3) is 0.706. The number of amides is 2. The number of carbonyl (C=O) groups is 3. The molecule has 352 valence electrons. The quantitative estimate of drug-likeness (QED) is 0.0321. The van der Waals surface area contributed by atoms with Crippen LogP contribution in [0.25, 0.3) is 11.2 Å². The molecule has 1 fully saturated rings. The number of thioether (sulfide) groups is 1. The number of fused-ring (bicyclic) bond motifs is 1. The average Bonchev–Trinajstić information content (AvgIpc) is 3.75. The highest BCUT2D eigenvalue weighted by Crippen LogP contribution is 2.61. The number of hydrogen-bond acceptors (Lipinski definition) is 18. The van der Waals surface area contributed by atoms with Gasteiger partial charge in [-0.15, -0.1) is 0 Å². The maximum atomic E-state index is 12.7. The number of nitrogens with two attached hydrogens (primary N) is 1. The summed E-state index contributed by atoms with van der Waals surface area (Å²) in [4.78, 5) is 88.0. The predicted molar refractivity (Wildman–Crippen MR) is 223 cm³/mol. The van der Waals surface area contributed by atoms with Gasteiger partial charge in [0.25, 0.3) is 0 Å². The molecule has 3 rings (SSSR count). The van der Waals surface area contributed by atoms with Crippen LogP contribution in [0.2, 0.25) is 0 Å². The van der Waals surface area contributed by atoms with Gasteiger partial charge < -0.3 is 50.9 Å². The maximum absolute atomic E-state index is 12.7. The minimum absolute atomic E-state index is 0.0322. The van der Waals surface area contributed by atoms with Crippen molar-refractivity contribution in [3.05, 3.63) is 24.8 Å². The van der Waals surface area contributed by atoms with Gasteiger partial charge >= 0.3 is 23.5 Å². The van der Waals surface area contributed by atoms with E-state index in [-0.39, 0.29) is 41.6 Å². The molecule has 7 atom stereocenters. The van der Waals surface area contributed by atoms with Gasteiger partial charge in [0.2, 0.25) is 11.8 Å². The highest BCUT2D eigenvalue weighted by molar-refractivity contribution is 8.13. The number of phosphoric ester groups is 3. The molecular formula is C34H58N7O17P3S. The lowest BCUT2D eigenvalue weighted by atomic mass is 9.87. The van der Waals surface area contributed by atoms with Gasteiger partial charge in [-0.25, -0.2) is 28.6 Å². The van der Waals surface area contributed by atoms with Crippen molar-refractivity contribution in [2.24, 2.45) is 5.41 Å². The number of anilines is 1. The Hall–Kier alpha value is -2.70. The Bertz CT molecular complexity index is 1950. The number of aromatic nitrogens is 4. The van der Waals surface area contributed by atoms with Gasteiger partial charge in [-0.3, -0.25) is 32.5 Å². The molecule has 10 N–H and O–H groups in total. The van der Waals surface area contributed by atoms with Crippen LogP contribution in [0, 0.1) is 5.41 Å². The molecule has 1 saturated heterocycles. The number of allylic oxidation sites excluding steroid dienone is 2. The Kier molecular flexibility index (Phi) is 21.7. The van der Waals surface area contributed by atoms with E-state index in [2.05, 4.69) is 53.5 Å². The number of imidazole rings is 1. The zero-order valence-electron chi connectivity index (χ0n) is 34.6. The summed E-state index contributed by atoms with van der Waals surface area (Å²) in [6, 6.07) is 0. The molecule has 0 spiro atoms. The fourth-order valence-corrected chi connectivity index (χ4v) is 9.37. The SMILES string of the molecule is CCCCCC/C=C\CCCCC(=O)SCCNC(=O)CCNC(=O)[C@H](O)C(C)(C)COP(=O)(O)OP(=O)(O)OC[C@H]1O[C@@H](n2cnc3c(N)ncnc32)[C@H](O)[C@@H]1OP(=O)(O)O. The third kappa shape index (κ3) is 18.4. The molecule has 1 aliphatic rings. The first-order valence-corrected chi connectivity index (χ1v) is 25.3. The zero-order valence-corrected chi connectivity index (χ0v) is 38.1. The predicted octanol–water partition coefficient (Wildman–Crippen LogP) is 2.75. The first-order chi connectivity index (χ1) is 29.1. The van der Waals surface area contributed by atoms with Crippen LogP contribution >= 0.6 is 35.2 Å². The van der Waals surface area contributed by atoms with Crippen molar-refractivity contribution in [2.75, 3.05) is 37.8 Å². The van der Waals surface area contributed by atoms with E-state index in [4.69, 9.17) is 19.5 Å². The lowest BCUT2D eigenvalue weighted by Gasteiger charge is -2.30. The van der Waals surface area contributed by atoms with Crippen molar-refractivity contribution in [1.82, 2.24) is 30.2 Å². The summed E-state index contributed by atoms with van der Waals surface area (Å²) in [6.07, 6.45) is 6.58. The van der Waals surface area contributed by atoms with E-state index in [1.54, 1.807) is 0 Å². The van der Waals surface area contributed by atoms with Gasteiger partial charge in [0.1, 0.15) is 36.3 Å². The second kappa shape index (κ2) is 25.1. The summed E-state index contributed by atoms with van der Waals surface area (Å²) >= 11 is 1.13. The summed E-state index contributed by atoms with van der Waals surface area (Å²) in [6.45, 7) is 2.73. The highest BCUT2D eigenvalue weighted by atomic mass is 32.2. The molecule has 28 heteroatoms. The van der Waals surface area contributed by atoms with Gasteiger partial charge in [0, 0.05) is 37.1 Å². The molecule has 3 heterocycles. The minimum Gasteiger partial charge on any atom is -0.386 e. The Morgan fingerprint density at radius 2 is 1.65 bits per heavy atom. The molecule has 2 aromatic heterocycles. The van der Waals surface area contributed by atoms with Gasteiger partial charge in [-0.1, -0.05) is 63.9 Å². The van der Waals surface area contributed by atoms with Crippen LogP contribution in [-0.4, -0.2) is 123 Å². The first-order valence-electron chi connectivity index (χ1n) is 19.8. The summed E-state index contributed by atoms with van der Waals surface area (Å²) < 4.78 is 62.3. The van der Waals surface area contributed by atoms with E-state index in [0.29, 0.717) is 12.2 Å². The third-order valence-electron chi connectivity index (χ3n) is 9.16. The van der Waals surface area contributed by atoms with Gasteiger partial charge in [0.05, 0.1) is 19.5 Å². The van der Waals surface area contributed by atoms with Crippen LogP contribution in [0.5, 0.6) is 0 Å². The monoisotopic (exact) mass is 961 g/mol. The van der Waals surface area contributed by atoms with Gasteiger partial charge in [0.15, 0.2) is 22.8 Å². The Balaban J connectivity index is 1.38. The molecule has 0 saturated carbocycles. The third-order valence-corrected chi connectivity index (χ3v) is 13.2. The summed E-state index contributed by atoms with van der Waals surface area (Å²) in [5, 5.41) is 26.6. The minimum atomic E-state index is -5.57. The Morgan fingerprint density at radius 1 is 0.968 bits per heavy atom. The van der Waals surface area contributed by atoms with E-state index in [0.717, 1.165) is 54.7 Å². The second-order valence-electron chi connectivity index (χ2n) is 14.9. The summed E-state index contributed by atoms with van der Waals surface area (Å²) in [5.41, 5.74) is 4.28. The molecule has 62 heavy (non-hydrogen) atoms. The number of nitrogens with zero attached hydrogens (tertiary/aromatic N) is 4. The zero-order chi connectivity index (χ0) is 46.1. The lowest BCUT2D eigenvalue weighted by Crippen LogP contribution is -2.46. The lowest BCUT2D eigenvalue weighted by molar-refractivity contribution is -0.137. The topological polar surface area (TPSA) is 364 Å². The Labute approximate surface area is 362 Å². The van der Waals surface area contributed by atoms with Crippen molar-refractivity contribution >= 4 is 69.1 Å². The van der Waals surface area contributed by atoms with Crippen molar-refractivity contribution in [2.45, 2.75) is 116 Å². The van der Waals surface area contributed by atoms with Crippen LogP contribution in [0.4, 0.5) is 5.82 Å². The number of nitrogen functional groups attached to an aromatic ring is 1. The van der Waals surface area contributed by atoms with Crippen molar-refractivity contribution < 1.29 is 80.5 Å². The van der Waals surface area contributed by atoms with E-state index >= 15 is 0 Å². The molecule has 24 nitrogen and oxygen atoms in total. The van der Waals surface area contributed by atoms with Crippen LogP contribution in [0.1, 0.15) is 91.2 Å². The summed E-state index contributed by atoms with van der Waals surface area (Å²) in [5.74, 6) is -1.05. The number of rotatable bonds is 29. The molecule has 1 aliphatic heterocycles. The number of unbranched alkanes of at least 4 members (excludes halogenated alkanes) is 6. The van der Waals surface area contributed by atoms with Crippen LogP contribution in [0.3, 0.4) is 0 Å². The maximum Gasteiger partial charge on any atom is 0.481 e. The fourth-order valence-electron chi connectivity index (χ4n) is 5.82. The van der Waals surface area contributed by atoms with Crippen molar-refractivity contribution in [1.29, 1.82) is 0 Å². The number of aliphatic hydroxyl groups is 2. The second-order valence-corrected chi connectivity index (χ2v) is 20.2. The van der Waals surface area contributed by atoms with E-state index in [1.807, 2.05) is 0 Å². The molecule has 2 aromatic rings. The smallest absolute Gasteiger partial charge is 0.386 e. The number of aliphatic hydroxyl groups excluding tert-OH is 2. The van der Waals surface area contributed by atoms with Gasteiger partial charge in [-0.2, -0.15) is 4.31 Å². The molecule has 2 amide bonds. The number of carbonyl (C=O) groups excluding carboxylic acids is 3. The van der Waals surface area contributed by atoms with Gasteiger partial charge in [-0.05, 0) is 32.1 Å². The number of ether oxygens (including phenoxy) is 1. The van der Waals surface area contributed by atoms with Crippen molar-refractivity contribution in [3.63, 3.8) is 0 Å². The largest absolute Gasteiger partial charge is 0.481 e. The average molecular weight is 962 g/mol. The number of hydrogen-bond donors (Lipinski definition) is 9. The van der Waals surface area contributed by atoms with E-state index in [1.165, 1.54) is 39.5 Å². The Morgan fingerprint density at radius 3 is 2.32 bits per heavy atom. The number of phosphoric acid groups is 3. The highest BCUT2D eigenvalue weighted by Gasteiger charge is 2.50. The number of nitrogens with one attached hydrogen (secondary N) is 2. The molecule has 0 radical (unpaired) electrons. The van der Waals surface area contributed by atoms with E-state index in [9.17, 15) is 57.9 Å². The molecule has 0 aromatic carbocycles. The van der Waals surface area contributed by atoms with Crippen LogP contribution in [0.15, 0.2) is 24.8 Å². The molecule has 0 aliphatic carbocycles. The molecule has 2 unspecified atom stereocenters. The molecular weight excluding hydrogens is 903 g/mol. The standard InChI is InChI=1S/C34H58N7O17P3S/c1-4-5-6-7-8-9-10-11-12-13-14-25(43)62-18-17-36-24(42)15-16-37-32(46)29(45)34(2,3)20-55-61(52,53)58-60(50,51)54-19-23-28(57-59(47,48)49)27(44)33(56-23)41-22-40-26-30(35)38-21-39-31(26)41/h9-10,21-23,27-29,33,44-45H,4-8,11-20H2,1-3H3,(H,36,42)(H,37,46)(H,50,51)(H,52,53)(H2,35,38,39)(H2,47,48,49)/b10-9-/t23-,27-,28-,29+,33-/m1/s1. The normalized spacial score (nSPS) is 20.9. The summed E-state index contributed by atoms with van der Waals surface area (Å²) in [7, 11) is -16.4. The molecule has 0 bridgehead atoms.